The Hall–Kier alpha value is -1.50. The molecule has 0 aliphatic carbocycles. The highest BCUT2D eigenvalue weighted by Crippen LogP contribution is 2.20. The second-order valence-electron chi connectivity index (χ2n) is 6.53. The minimum Gasteiger partial charge on any atom is -0.356 e. The van der Waals surface area contributed by atoms with E-state index in [-0.39, 0.29) is 18.1 Å². The summed E-state index contributed by atoms with van der Waals surface area (Å²) in [7, 11) is 0. The monoisotopic (exact) mass is 376 g/mol. The van der Waals surface area contributed by atoms with Gasteiger partial charge in [-0.05, 0) is 48.2 Å². The lowest BCUT2D eigenvalue weighted by Crippen LogP contribution is -2.40. The largest absolute Gasteiger partial charge is 0.356 e. The van der Waals surface area contributed by atoms with Crippen molar-refractivity contribution in [2.75, 3.05) is 19.6 Å². The summed E-state index contributed by atoms with van der Waals surface area (Å²) in [4.78, 5) is 28.6. The molecule has 3 heterocycles. The van der Waals surface area contributed by atoms with Crippen LogP contribution in [-0.2, 0) is 11.3 Å². The van der Waals surface area contributed by atoms with Crippen molar-refractivity contribution < 1.29 is 9.59 Å². The first-order chi connectivity index (χ1) is 12.2. The second kappa shape index (κ2) is 9.27. The molecule has 4 nitrogen and oxygen atoms in total. The van der Waals surface area contributed by atoms with Gasteiger partial charge in [-0.3, -0.25) is 14.5 Å². The number of ketones is 1. The summed E-state index contributed by atoms with van der Waals surface area (Å²) in [6.07, 6.45) is 2.92. The van der Waals surface area contributed by atoms with E-state index in [2.05, 4.69) is 27.7 Å². The highest BCUT2D eigenvalue weighted by atomic mass is 32.1. The first-order valence-electron chi connectivity index (χ1n) is 8.79. The first kappa shape index (κ1) is 18.3. The minimum absolute atomic E-state index is 0.0136. The van der Waals surface area contributed by atoms with Crippen LogP contribution in [0.15, 0.2) is 35.0 Å². The maximum absolute atomic E-state index is 12.0. The van der Waals surface area contributed by atoms with Crippen LogP contribution < -0.4 is 5.32 Å². The Labute approximate surface area is 156 Å². The molecule has 3 rings (SSSR count). The molecule has 0 spiro atoms. The standard InChI is InChI=1S/C19H24N2O2S2/c22-17(18-6-3-11-25-18)7-8-19(23)20-12-15-4-1-9-21(13-15)14-16-5-2-10-24-16/h2-3,5-6,10-11,15H,1,4,7-9,12-14H2,(H,20,23)/t15-/m1/s1. The molecule has 0 bridgehead atoms. The molecule has 1 fully saturated rings. The van der Waals surface area contributed by atoms with Crippen molar-refractivity contribution in [3.8, 4) is 0 Å². The van der Waals surface area contributed by atoms with E-state index in [1.165, 1.54) is 22.6 Å². The lowest BCUT2D eigenvalue weighted by molar-refractivity contribution is -0.121. The average Bonchev–Trinajstić information content (AvgIpc) is 3.32. The third-order valence-electron chi connectivity index (χ3n) is 4.53. The minimum atomic E-state index is -0.0136. The van der Waals surface area contributed by atoms with E-state index in [1.54, 1.807) is 11.3 Å². The molecule has 1 atom stereocenters. The van der Waals surface area contributed by atoms with Gasteiger partial charge in [0.15, 0.2) is 5.78 Å². The molecule has 25 heavy (non-hydrogen) atoms. The maximum atomic E-state index is 12.0. The normalized spacial score (nSPS) is 18.2. The third-order valence-corrected chi connectivity index (χ3v) is 6.30. The van der Waals surface area contributed by atoms with Crippen LogP contribution in [0.1, 0.15) is 40.2 Å². The molecule has 0 saturated carbocycles. The Bertz CT molecular complexity index is 668. The van der Waals surface area contributed by atoms with Gasteiger partial charge in [-0.15, -0.1) is 22.7 Å². The van der Waals surface area contributed by atoms with Gasteiger partial charge in [0, 0.05) is 37.4 Å². The van der Waals surface area contributed by atoms with E-state index in [0.717, 1.165) is 30.9 Å². The second-order valence-corrected chi connectivity index (χ2v) is 8.51. The van der Waals surface area contributed by atoms with Crippen molar-refractivity contribution >= 4 is 34.4 Å². The van der Waals surface area contributed by atoms with Gasteiger partial charge < -0.3 is 5.32 Å². The number of piperidine rings is 1. The first-order valence-corrected chi connectivity index (χ1v) is 10.5. The zero-order chi connectivity index (χ0) is 17.5. The molecule has 1 aliphatic heterocycles. The fourth-order valence-corrected chi connectivity index (χ4v) is 4.66. The molecular formula is C19H24N2O2S2. The molecule has 2 aromatic heterocycles. The molecule has 6 heteroatoms. The number of hydrogen-bond acceptors (Lipinski definition) is 5. The Balaban J connectivity index is 1.36. The summed E-state index contributed by atoms with van der Waals surface area (Å²) in [6, 6.07) is 7.96. The van der Waals surface area contributed by atoms with Gasteiger partial charge in [0.2, 0.25) is 5.91 Å². The van der Waals surface area contributed by atoms with Crippen LogP contribution in [0.3, 0.4) is 0 Å². The molecule has 2 aromatic rings. The van der Waals surface area contributed by atoms with Crippen LogP contribution in [0.2, 0.25) is 0 Å². The van der Waals surface area contributed by atoms with Gasteiger partial charge in [0.25, 0.3) is 0 Å². The number of likely N-dealkylation sites (tertiary alicyclic amines) is 1. The molecule has 0 unspecified atom stereocenters. The van der Waals surface area contributed by atoms with Crippen LogP contribution in [0, 0.1) is 5.92 Å². The van der Waals surface area contributed by atoms with E-state index in [9.17, 15) is 9.59 Å². The molecular weight excluding hydrogens is 352 g/mol. The van der Waals surface area contributed by atoms with Crippen molar-refractivity contribution in [3.05, 3.63) is 44.8 Å². The molecule has 0 aromatic carbocycles. The molecule has 1 N–H and O–H groups in total. The number of rotatable bonds is 8. The van der Waals surface area contributed by atoms with E-state index < -0.39 is 0 Å². The van der Waals surface area contributed by atoms with Crippen molar-refractivity contribution in [1.82, 2.24) is 10.2 Å². The quantitative estimate of drug-likeness (QED) is 0.713. The van der Waals surface area contributed by atoms with Gasteiger partial charge in [0.1, 0.15) is 0 Å². The average molecular weight is 377 g/mol. The van der Waals surface area contributed by atoms with Crippen molar-refractivity contribution in [2.24, 2.45) is 5.92 Å². The molecule has 1 amide bonds. The van der Waals surface area contributed by atoms with Crippen LogP contribution in [0.4, 0.5) is 0 Å². The Morgan fingerprint density at radius 3 is 2.76 bits per heavy atom. The van der Waals surface area contributed by atoms with Crippen LogP contribution in [-0.4, -0.2) is 36.2 Å². The summed E-state index contributed by atoms with van der Waals surface area (Å²) in [5.41, 5.74) is 0. The number of amides is 1. The number of Topliss-reactive ketones (excluding diaryl/α,β-unsaturated/α-hetero) is 1. The topological polar surface area (TPSA) is 49.4 Å². The van der Waals surface area contributed by atoms with E-state index in [4.69, 9.17) is 0 Å². The number of hydrogen-bond donors (Lipinski definition) is 1. The maximum Gasteiger partial charge on any atom is 0.220 e. The lowest BCUT2D eigenvalue weighted by Gasteiger charge is -2.32. The van der Waals surface area contributed by atoms with Crippen LogP contribution in [0.25, 0.3) is 0 Å². The summed E-state index contributed by atoms with van der Waals surface area (Å²) in [5.74, 6) is 0.552. The molecule has 134 valence electrons. The highest BCUT2D eigenvalue weighted by Gasteiger charge is 2.21. The predicted molar refractivity (Wildman–Crippen MR) is 103 cm³/mol. The fraction of sp³-hybridized carbons (Fsp3) is 0.474. The number of nitrogens with zero attached hydrogens (tertiary/aromatic N) is 1. The van der Waals surface area contributed by atoms with Crippen LogP contribution in [0.5, 0.6) is 0 Å². The van der Waals surface area contributed by atoms with E-state index in [0.29, 0.717) is 18.9 Å². The number of carbonyl (C=O) groups is 2. The lowest BCUT2D eigenvalue weighted by atomic mass is 9.98. The van der Waals surface area contributed by atoms with Gasteiger partial charge in [0.05, 0.1) is 4.88 Å². The Morgan fingerprint density at radius 2 is 2.00 bits per heavy atom. The van der Waals surface area contributed by atoms with Crippen molar-refractivity contribution in [3.63, 3.8) is 0 Å². The zero-order valence-electron chi connectivity index (χ0n) is 14.3. The number of carbonyl (C=O) groups excluding carboxylic acids is 2. The smallest absolute Gasteiger partial charge is 0.220 e. The Kier molecular flexibility index (Phi) is 6.78. The Morgan fingerprint density at radius 1 is 1.16 bits per heavy atom. The summed E-state index contributed by atoms with van der Waals surface area (Å²) >= 11 is 3.24. The van der Waals surface area contributed by atoms with Crippen molar-refractivity contribution in [2.45, 2.75) is 32.2 Å². The zero-order valence-corrected chi connectivity index (χ0v) is 15.9. The molecule has 0 radical (unpaired) electrons. The predicted octanol–water partition coefficient (Wildman–Crippen LogP) is 3.80. The fourth-order valence-electron chi connectivity index (χ4n) is 3.22. The molecule has 1 saturated heterocycles. The third kappa shape index (κ3) is 5.76. The van der Waals surface area contributed by atoms with Gasteiger partial charge in [-0.2, -0.15) is 0 Å². The summed E-state index contributed by atoms with van der Waals surface area (Å²) in [6.45, 7) is 3.90. The highest BCUT2D eigenvalue weighted by molar-refractivity contribution is 7.12. The molecule has 1 aliphatic rings. The van der Waals surface area contributed by atoms with E-state index in [1.807, 2.05) is 17.5 Å². The van der Waals surface area contributed by atoms with Gasteiger partial charge in [-0.25, -0.2) is 0 Å². The van der Waals surface area contributed by atoms with Crippen LogP contribution >= 0.6 is 22.7 Å². The summed E-state index contributed by atoms with van der Waals surface area (Å²) in [5, 5.41) is 7.03. The SMILES string of the molecule is O=C(CCC(=O)c1cccs1)NC[C@H]1CCCN(Cc2cccs2)C1. The van der Waals surface area contributed by atoms with Gasteiger partial charge >= 0.3 is 0 Å². The number of thiophene rings is 2. The van der Waals surface area contributed by atoms with Gasteiger partial charge in [-0.1, -0.05) is 12.1 Å². The van der Waals surface area contributed by atoms with Crippen molar-refractivity contribution in [1.29, 1.82) is 0 Å². The van der Waals surface area contributed by atoms with E-state index >= 15 is 0 Å². The summed E-state index contributed by atoms with van der Waals surface area (Å²) < 4.78 is 0. The number of nitrogens with one attached hydrogen (secondary N) is 1.